The number of fused-ring (bicyclic) bond motifs is 1. The molecule has 0 radical (unpaired) electrons. The lowest BCUT2D eigenvalue weighted by Crippen LogP contribution is -2.37. The average molecular weight is 477 g/mol. The van der Waals surface area contributed by atoms with Gasteiger partial charge in [-0.05, 0) is 43.5 Å². The van der Waals surface area contributed by atoms with Gasteiger partial charge in [0.15, 0.2) is 12.4 Å². The van der Waals surface area contributed by atoms with Crippen LogP contribution in [-0.4, -0.2) is 46.6 Å². The monoisotopic (exact) mass is 476 g/mol. The highest BCUT2D eigenvalue weighted by Crippen LogP contribution is 2.29. The van der Waals surface area contributed by atoms with E-state index in [1.54, 1.807) is 19.9 Å². The van der Waals surface area contributed by atoms with E-state index in [-0.39, 0.29) is 18.4 Å². The van der Waals surface area contributed by atoms with Crippen LogP contribution < -0.4 is 9.64 Å². The Bertz CT molecular complexity index is 1160. The van der Waals surface area contributed by atoms with Gasteiger partial charge in [0, 0.05) is 32.2 Å². The second-order valence-electron chi connectivity index (χ2n) is 8.81. The van der Waals surface area contributed by atoms with Gasteiger partial charge in [-0.1, -0.05) is 54.8 Å². The van der Waals surface area contributed by atoms with Crippen molar-refractivity contribution < 1.29 is 18.8 Å². The molecule has 0 bridgehead atoms. The zero-order valence-corrected chi connectivity index (χ0v) is 20.4. The molecule has 0 N–H and O–H groups in total. The molecule has 0 aliphatic carbocycles. The zero-order chi connectivity index (χ0) is 24.6. The van der Waals surface area contributed by atoms with Crippen LogP contribution in [0.25, 0.3) is 11.5 Å². The summed E-state index contributed by atoms with van der Waals surface area (Å²) < 4.78 is 11.2. The van der Waals surface area contributed by atoms with Crippen molar-refractivity contribution in [3.8, 4) is 17.2 Å². The molecule has 3 aromatic rings. The van der Waals surface area contributed by atoms with Gasteiger partial charge in [-0.3, -0.25) is 9.59 Å². The highest BCUT2D eigenvalue weighted by Gasteiger charge is 2.21. The normalized spacial score (nSPS) is 15.0. The fourth-order valence-corrected chi connectivity index (χ4v) is 4.36. The van der Waals surface area contributed by atoms with Gasteiger partial charge < -0.3 is 19.1 Å². The van der Waals surface area contributed by atoms with E-state index in [4.69, 9.17) is 9.26 Å². The van der Waals surface area contributed by atoms with Gasteiger partial charge in [0.2, 0.25) is 5.91 Å². The summed E-state index contributed by atoms with van der Waals surface area (Å²) in [7, 11) is 0. The highest BCUT2D eigenvalue weighted by molar-refractivity contribution is 5.92. The summed E-state index contributed by atoms with van der Waals surface area (Å²) in [5, 5.41) is 3.85. The Labute approximate surface area is 205 Å². The van der Waals surface area contributed by atoms with Gasteiger partial charge >= 0.3 is 0 Å². The van der Waals surface area contributed by atoms with Crippen molar-refractivity contribution in [2.45, 2.75) is 52.5 Å². The van der Waals surface area contributed by atoms with Gasteiger partial charge in [0.05, 0.1) is 5.56 Å². The third-order valence-electron chi connectivity index (χ3n) is 6.18. The number of para-hydroxylation sites is 2. The van der Waals surface area contributed by atoms with Crippen LogP contribution in [-0.2, 0) is 16.1 Å². The van der Waals surface area contributed by atoms with Gasteiger partial charge in [-0.2, -0.15) is 4.98 Å². The van der Waals surface area contributed by atoms with E-state index in [9.17, 15) is 9.59 Å². The Balaban J connectivity index is 1.53. The fourth-order valence-electron chi connectivity index (χ4n) is 4.36. The van der Waals surface area contributed by atoms with Crippen molar-refractivity contribution in [1.29, 1.82) is 0 Å². The van der Waals surface area contributed by atoms with Crippen molar-refractivity contribution in [3.05, 3.63) is 59.9 Å². The molecule has 1 aliphatic heterocycles. The SMILES string of the molecule is CC(=O)N1CCCCCCCN(C(=O)COc2ccccc2-c2nc(C)no2)Cc2ccccc21. The van der Waals surface area contributed by atoms with Crippen molar-refractivity contribution in [2.75, 3.05) is 24.6 Å². The summed E-state index contributed by atoms with van der Waals surface area (Å²) >= 11 is 0. The van der Waals surface area contributed by atoms with Crippen LogP contribution in [0.15, 0.2) is 53.1 Å². The molecule has 1 aliphatic rings. The first-order chi connectivity index (χ1) is 17.0. The van der Waals surface area contributed by atoms with Crippen LogP contribution >= 0.6 is 0 Å². The summed E-state index contributed by atoms with van der Waals surface area (Å²) in [4.78, 5) is 33.7. The Kier molecular flexibility index (Phi) is 8.13. The van der Waals surface area contributed by atoms with E-state index in [1.165, 1.54) is 0 Å². The molecule has 35 heavy (non-hydrogen) atoms. The topological polar surface area (TPSA) is 88.8 Å². The number of amides is 2. The number of aromatic nitrogens is 2. The summed E-state index contributed by atoms with van der Waals surface area (Å²) in [6.45, 7) is 5.00. The second kappa shape index (κ2) is 11.6. The second-order valence-corrected chi connectivity index (χ2v) is 8.81. The Hall–Kier alpha value is -3.68. The Morgan fingerprint density at radius 1 is 0.971 bits per heavy atom. The number of nitrogens with zero attached hydrogens (tertiary/aromatic N) is 4. The Morgan fingerprint density at radius 3 is 2.46 bits per heavy atom. The van der Waals surface area contributed by atoms with E-state index in [1.807, 2.05) is 52.3 Å². The van der Waals surface area contributed by atoms with Gasteiger partial charge in [0.25, 0.3) is 11.8 Å². The van der Waals surface area contributed by atoms with Gasteiger partial charge in [-0.15, -0.1) is 0 Å². The number of rotatable bonds is 4. The lowest BCUT2D eigenvalue weighted by Gasteiger charge is -2.29. The molecule has 0 saturated heterocycles. The van der Waals surface area contributed by atoms with Crippen LogP contribution in [0, 0.1) is 6.92 Å². The summed E-state index contributed by atoms with van der Waals surface area (Å²) in [6.07, 6.45) is 5.11. The lowest BCUT2D eigenvalue weighted by atomic mass is 10.1. The first-order valence-electron chi connectivity index (χ1n) is 12.2. The maximum Gasteiger partial charge on any atom is 0.261 e. The molecule has 0 atom stereocenters. The lowest BCUT2D eigenvalue weighted by molar-refractivity contribution is -0.134. The van der Waals surface area contributed by atoms with E-state index in [0.29, 0.717) is 42.7 Å². The minimum atomic E-state index is -0.109. The minimum absolute atomic E-state index is 0.0172. The maximum absolute atomic E-state index is 13.3. The molecule has 8 nitrogen and oxygen atoms in total. The molecule has 2 aromatic carbocycles. The summed E-state index contributed by atoms with van der Waals surface area (Å²) in [5.41, 5.74) is 2.48. The van der Waals surface area contributed by atoms with Crippen LogP contribution in [0.3, 0.4) is 0 Å². The third kappa shape index (κ3) is 6.26. The predicted octanol–water partition coefficient (Wildman–Crippen LogP) is 4.77. The van der Waals surface area contributed by atoms with E-state index in [2.05, 4.69) is 10.1 Å². The average Bonchev–Trinajstić information content (AvgIpc) is 3.29. The van der Waals surface area contributed by atoms with Crippen LogP contribution in [0.5, 0.6) is 5.75 Å². The molecule has 4 rings (SSSR count). The molecular formula is C27H32N4O4. The van der Waals surface area contributed by atoms with Crippen molar-refractivity contribution in [3.63, 3.8) is 0 Å². The van der Waals surface area contributed by atoms with Crippen LogP contribution in [0.4, 0.5) is 5.69 Å². The third-order valence-corrected chi connectivity index (χ3v) is 6.18. The molecule has 2 amide bonds. The van der Waals surface area contributed by atoms with E-state index in [0.717, 1.165) is 43.4 Å². The number of anilines is 1. The van der Waals surface area contributed by atoms with Crippen LogP contribution in [0.2, 0.25) is 0 Å². The molecule has 0 fully saturated rings. The molecule has 1 aromatic heterocycles. The number of hydrogen-bond acceptors (Lipinski definition) is 6. The molecule has 8 heteroatoms. The number of ether oxygens (including phenoxy) is 1. The molecule has 2 heterocycles. The zero-order valence-electron chi connectivity index (χ0n) is 20.4. The van der Waals surface area contributed by atoms with E-state index < -0.39 is 0 Å². The van der Waals surface area contributed by atoms with Crippen molar-refractivity contribution in [1.82, 2.24) is 15.0 Å². The number of hydrogen-bond donors (Lipinski definition) is 0. The first kappa shape index (κ1) is 24.4. The van der Waals surface area contributed by atoms with E-state index >= 15 is 0 Å². The summed E-state index contributed by atoms with van der Waals surface area (Å²) in [5.74, 6) is 1.31. The Morgan fingerprint density at radius 2 is 1.69 bits per heavy atom. The van der Waals surface area contributed by atoms with Gasteiger partial charge in [0.1, 0.15) is 5.75 Å². The number of benzene rings is 2. The van der Waals surface area contributed by atoms with Crippen LogP contribution in [0.1, 0.15) is 50.4 Å². The first-order valence-corrected chi connectivity index (χ1v) is 12.2. The van der Waals surface area contributed by atoms with Crippen molar-refractivity contribution >= 4 is 17.5 Å². The molecule has 184 valence electrons. The molecule has 0 spiro atoms. The van der Waals surface area contributed by atoms with Gasteiger partial charge in [-0.25, -0.2) is 0 Å². The smallest absolute Gasteiger partial charge is 0.261 e. The molecule has 0 unspecified atom stereocenters. The summed E-state index contributed by atoms with van der Waals surface area (Å²) in [6, 6.07) is 15.2. The highest BCUT2D eigenvalue weighted by atomic mass is 16.5. The quantitative estimate of drug-likeness (QED) is 0.539. The van der Waals surface area contributed by atoms with Crippen molar-refractivity contribution in [2.24, 2.45) is 0 Å². The standard InChI is InChI=1S/C27H32N4O4/c1-20-28-27(35-29-20)23-13-7-9-15-25(23)34-19-26(33)30-16-10-4-3-5-11-17-31(21(2)32)24-14-8-6-12-22(24)18-30/h6-9,12-15H,3-5,10-11,16-19H2,1-2H3. The number of aryl methyl sites for hydroxylation is 1. The predicted molar refractivity (Wildman–Crippen MR) is 133 cm³/mol. The minimum Gasteiger partial charge on any atom is -0.483 e. The largest absolute Gasteiger partial charge is 0.483 e. The maximum atomic E-state index is 13.3. The molecular weight excluding hydrogens is 444 g/mol. The molecule has 0 saturated carbocycles. The number of carbonyl (C=O) groups excluding carboxylic acids is 2. The fraction of sp³-hybridized carbons (Fsp3) is 0.407. The number of carbonyl (C=O) groups is 2.